The summed E-state index contributed by atoms with van der Waals surface area (Å²) in [6, 6.07) is 0. The van der Waals surface area contributed by atoms with Crippen LogP contribution in [0.1, 0.15) is 97.3 Å². The molecule has 0 aliphatic carbocycles. The SMILES string of the molecule is CC=CCC(O)CCCCCCCCCCCCC. The highest BCUT2D eigenvalue weighted by atomic mass is 16.3. The molecule has 0 aromatic heterocycles. The number of unbranched alkanes of at least 4 members (excludes halogenated alkanes) is 10. The molecule has 0 aliphatic rings. The van der Waals surface area contributed by atoms with E-state index in [2.05, 4.69) is 13.0 Å². The van der Waals surface area contributed by atoms with E-state index < -0.39 is 0 Å². The van der Waals surface area contributed by atoms with E-state index in [0.717, 1.165) is 12.8 Å². The summed E-state index contributed by atoms with van der Waals surface area (Å²) in [7, 11) is 0. The first kappa shape index (κ1) is 18.7. The second-order valence-electron chi connectivity index (χ2n) is 5.78. The van der Waals surface area contributed by atoms with E-state index in [1.165, 1.54) is 70.6 Å². The summed E-state index contributed by atoms with van der Waals surface area (Å²) >= 11 is 0. The summed E-state index contributed by atoms with van der Waals surface area (Å²) in [4.78, 5) is 0. The van der Waals surface area contributed by atoms with Crippen molar-refractivity contribution in [1.29, 1.82) is 0 Å². The summed E-state index contributed by atoms with van der Waals surface area (Å²) in [6.07, 6.45) is 20.9. The van der Waals surface area contributed by atoms with Crippen LogP contribution in [-0.2, 0) is 0 Å². The molecule has 0 radical (unpaired) electrons. The van der Waals surface area contributed by atoms with Gasteiger partial charge < -0.3 is 5.11 Å². The van der Waals surface area contributed by atoms with Crippen LogP contribution < -0.4 is 0 Å². The molecule has 114 valence electrons. The van der Waals surface area contributed by atoms with Crippen molar-refractivity contribution in [2.75, 3.05) is 0 Å². The molecular weight excluding hydrogens is 232 g/mol. The third-order valence-corrected chi connectivity index (χ3v) is 3.78. The van der Waals surface area contributed by atoms with Crippen molar-refractivity contribution >= 4 is 0 Å². The van der Waals surface area contributed by atoms with Crippen LogP contribution in [0.2, 0.25) is 0 Å². The Morgan fingerprint density at radius 3 is 1.74 bits per heavy atom. The van der Waals surface area contributed by atoms with Crippen molar-refractivity contribution in [3.8, 4) is 0 Å². The zero-order chi connectivity index (χ0) is 14.2. The van der Waals surface area contributed by atoms with Gasteiger partial charge in [-0.1, -0.05) is 89.7 Å². The van der Waals surface area contributed by atoms with Crippen molar-refractivity contribution in [2.24, 2.45) is 0 Å². The van der Waals surface area contributed by atoms with Crippen LogP contribution >= 0.6 is 0 Å². The molecule has 0 rings (SSSR count). The Bertz CT molecular complexity index is 186. The lowest BCUT2D eigenvalue weighted by Gasteiger charge is -2.07. The van der Waals surface area contributed by atoms with Gasteiger partial charge in [0.15, 0.2) is 0 Å². The number of allylic oxidation sites excluding steroid dienone is 1. The molecule has 1 unspecified atom stereocenters. The van der Waals surface area contributed by atoms with Gasteiger partial charge in [0.2, 0.25) is 0 Å². The summed E-state index contributed by atoms with van der Waals surface area (Å²) in [6.45, 7) is 4.28. The maximum Gasteiger partial charge on any atom is 0.0574 e. The Morgan fingerprint density at radius 2 is 1.26 bits per heavy atom. The molecule has 0 saturated carbocycles. The standard InChI is InChI=1S/C18H36O/c1-3-5-7-8-9-10-11-12-13-14-15-17-18(19)16-6-4-2/h4,6,18-19H,3,5,7-17H2,1-2H3. The van der Waals surface area contributed by atoms with Gasteiger partial charge in [0.1, 0.15) is 0 Å². The van der Waals surface area contributed by atoms with Crippen LogP contribution in [0.4, 0.5) is 0 Å². The van der Waals surface area contributed by atoms with Gasteiger partial charge in [-0.2, -0.15) is 0 Å². The van der Waals surface area contributed by atoms with E-state index >= 15 is 0 Å². The van der Waals surface area contributed by atoms with Crippen LogP contribution in [0.3, 0.4) is 0 Å². The molecule has 0 spiro atoms. The third-order valence-electron chi connectivity index (χ3n) is 3.78. The van der Waals surface area contributed by atoms with Crippen molar-refractivity contribution in [1.82, 2.24) is 0 Å². The molecule has 19 heavy (non-hydrogen) atoms. The van der Waals surface area contributed by atoms with E-state index in [-0.39, 0.29) is 6.10 Å². The molecule has 1 atom stereocenters. The number of hydrogen-bond acceptors (Lipinski definition) is 1. The maximum absolute atomic E-state index is 9.67. The molecule has 0 saturated heterocycles. The first-order valence-corrected chi connectivity index (χ1v) is 8.60. The highest BCUT2D eigenvalue weighted by molar-refractivity contribution is 4.79. The lowest BCUT2D eigenvalue weighted by atomic mass is 10.0. The molecule has 0 aromatic carbocycles. The fourth-order valence-electron chi connectivity index (χ4n) is 2.46. The molecule has 0 fully saturated rings. The summed E-state index contributed by atoms with van der Waals surface area (Å²) in [5.41, 5.74) is 0. The quantitative estimate of drug-likeness (QED) is 0.302. The number of rotatable bonds is 14. The van der Waals surface area contributed by atoms with E-state index in [1.807, 2.05) is 13.0 Å². The van der Waals surface area contributed by atoms with Crippen LogP contribution in [-0.4, -0.2) is 11.2 Å². The third kappa shape index (κ3) is 15.6. The fraction of sp³-hybridized carbons (Fsp3) is 0.889. The fourth-order valence-corrected chi connectivity index (χ4v) is 2.46. The minimum atomic E-state index is -0.116. The zero-order valence-electron chi connectivity index (χ0n) is 13.4. The lowest BCUT2D eigenvalue weighted by Crippen LogP contribution is -2.04. The molecular formula is C18H36O. The highest BCUT2D eigenvalue weighted by Gasteiger charge is 2.00. The van der Waals surface area contributed by atoms with Crippen LogP contribution in [0.15, 0.2) is 12.2 Å². The topological polar surface area (TPSA) is 20.2 Å². The normalized spacial score (nSPS) is 13.2. The smallest absolute Gasteiger partial charge is 0.0574 e. The Labute approximate surface area is 121 Å². The number of hydrogen-bond donors (Lipinski definition) is 1. The van der Waals surface area contributed by atoms with Crippen molar-refractivity contribution in [3.05, 3.63) is 12.2 Å². The van der Waals surface area contributed by atoms with Gasteiger partial charge in [-0.3, -0.25) is 0 Å². The molecule has 0 heterocycles. The van der Waals surface area contributed by atoms with Gasteiger partial charge in [0.05, 0.1) is 6.10 Å². The van der Waals surface area contributed by atoms with E-state index in [1.54, 1.807) is 0 Å². The predicted octanol–water partition coefficient (Wildman–Crippen LogP) is 6.01. The van der Waals surface area contributed by atoms with Crippen molar-refractivity contribution < 1.29 is 5.11 Å². The van der Waals surface area contributed by atoms with Crippen molar-refractivity contribution in [3.63, 3.8) is 0 Å². The first-order chi connectivity index (χ1) is 9.31. The van der Waals surface area contributed by atoms with Crippen LogP contribution in [0.25, 0.3) is 0 Å². The van der Waals surface area contributed by atoms with Crippen molar-refractivity contribution in [2.45, 2.75) is 103 Å². The zero-order valence-corrected chi connectivity index (χ0v) is 13.4. The minimum Gasteiger partial charge on any atom is -0.393 e. The molecule has 0 aromatic rings. The number of aliphatic hydroxyl groups is 1. The molecule has 0 bridgehead atoms. The van der Waals surface area contributed by atoms with E-state index in [9.17, 15) is 5.11 Å². The van der Waals surface area contributed by atoms with Gasteiger partial charge in [-0.05, 0) is 19.8 Å². The largest absolute Gasteiger partial charge is 0.393 e. The first-order valence-electron chi connectivity index (χ1n) is 8.60. The highest BCUT2D eigenvalue weighted by Crippen LogP contribution is 2.13. The molecule has 1 N–H and O–H groups in total. The lowest BCUT2D eigenvalue weighted by molar-refractivity contribution is 0.163. The van der Waals surface area contributed by atoms with E-state index in [0.29, 0.717) is 0 Å². The summed E-state index contributed by atoms with van der Waals surface area (Å²) in [5, 5.41) is 9.67. The Balaban J connectivity index is 3.06. The predicted molar refractivity (Wildman–Crippen MR) is 86.5 cm³/mol. The molecule has 0 aliphatic heterocycles. The Morgan fingerprint density at radius 1 is 0.789 bits per heavy atom. The minimum absolute atomic E-state index is 0.116. The second-order valence-corrected chi connectivity index (χ2v) is 5.78. The van der Waals surface area contributed by atoms with Crippen LogP contribution in [0.5, 0.6) is 0 Å². The van der Waals surface area contributed by atoms with Gasteiger partial charge in [-0.15, -0.1) is 0 Å². The summed E-state index contributed by atoms with van der Waals surface area (Å²) < 4.78 is 0. The molecule has 1 nitrogen and oxygen atoms in total. The Kier molecular flexibility index (Phi) is 15.5. The van der Waals surface area contributed by atoms with Gasteiger partial charge in [0.25, 0.3) is 0 Å². The van der Waals surface area contributed by atoms with Gasteiger partial charge >= 0.3 is 0 Å². The Hall–Kier alpha value is -0.300. The number of aliphatic hydroxyl groups excluding tert-OH is 1. The molecule has 0 amide bonds. The van der Waals surface area contributed by atoms with E-state index in [4.69, 9.17) is 0 Å². The average molecular weight is 268 g/mol. The maximum atomic E-state index is 9.67. The van der Waals surface area contributed by atoms with Gasteiger partial charge in [0, 0.05) is 0 Å². The van der Waals surface area contributed by atoms with Crippen LogP contribution in [0, 0.1) is 0 Å². The average Bonchev–Trinajstić information content (AvgIpc) is 2.42. The molecule has 1 heteroatoms. The second kappa shape index (κ2) is 15.8. The van der Waals surface area contributed by atoms with Gasteiger partial charge in [-0.25, -0.2) is 0 Å². The monoisotopic (exact) mass is 268 g/mol. The summed E-state index contributed by atoms with van der Waals surface area (Å²) in [5.74, 6) is 0.